The largest absolute Gasteiger partial charge is 0.494 e. The first-order valence-corrected chi connectivity index (χ1v) is 7.87. The van der Waals surface area contributed by atoms with E-state index >= 15 is 0 Å². The van der Waals surface area contributed by atoms with Crippen LogP contribution in [0, 0.1) is 25.2 Å². The fraction of sp³-hybridized carbons (Fsp3) is 0.350. The van der Waals surface area contributed by atoms with Gasteiger partial charge in [-0.25, -0.2) is 0 Å². The maximum atomic E-state index is 9.43. The lowest BCUT2D eigenvalue weighted by molar-refractivity contribution is 0.305. The molecule has 0 saturated carbocycles. The first kappa shape index (κ1) is 16.9. The third-order valence-electron chi connectivity index (χ3n) is 3.84. The van der Waals surface area contributed by atoms with E-state index in [0.717, 1.165) is 17.0 Å². The van der Waals surface area contributed by atoms with Crippen molar-refractivity contribution in [2.75, 3.05) is 25.6 Å². The third kappa shape index (κ3) is 4.75. The summed E-state index contributed by atoms with van der Waals surface area (Å²) in [6.07, 6.45) is 0.685. The molecule has 0 radical (unpaired) electrons. The molecule has 1 atom stereocenters. The van der Waals surface area contributed by atoms with Gasteiger partial charge in [0.1, 0.15) is 5.75 Å². The van der Waals surface area contributed by atoms with Crippen molar-refractivity contribution in [3.8, 4) is 11.8 Å². The number of aryl methyl sites for hydroxylation is 2. The van der Waals surface area contributed by atoms with Crippen LogP contribution in [0.1, 0.15) is 29.0 Å². The summed E-state index contributed by atoms with van der Waals surface area (Å²) in [5.41, 5.74) is 4.56. The number of anilines is 1. The summed E-state index contributed by atoms with van der Waals surface area (Å²) in [6.45, 7) is 4.66. The molecular weight excluding hydrogens is 284 g/mol. The van der Waals surface area contributed by atoms with Crippen LogP contribution in [0.5, 0.6) is 5.75 Å². The van der Waals surface area contributed by atoms with Crippen molar-refractivity contribution in [2.24, 2.45) is 0 Å². The van der Waals surface area contributed by atoms with Crippen molar-refractivity contribution < 1.29 is 4.74 Å². The molecular formula is C20H24N2O. The number of hydrogen-bond acceptors (Lipinski definition) is 3. The summed E-state index contributed by atoms with van der Waals surface area (Å²) in [5.74, 6) is 0.735. The highest BCUT2D eigenvalue weighted by molar-refractivity contribution is 5.47. The topological polar surface area (TPSA) is 36.3 Å². The second-order valence-corrected chi connectivity index (χ2v) is 6.13. The number of benzene rings is 2. The third-order valence-corrected chi connectivity index (χ3v) is 3.84. The first-order valence-electron chi connectivity index (χ1n) is 7.87. The first-order chi connectivity index (χ1) is 11.0. The van der Waals surface area contributed by atoms with E-state index in [1.54, 1.807) is 0 Å². The lowest BCUT2D eigenvalue weighted by atomic mass is 9.97. The van der Waals surface area contributed by atoms with Crippen LogP contribution in [0.2, 0.25) is 0 Å². The zero-order valence-corrected chi connectivity index (χ0v) is 14.3. The molecule has 0 heterocycles. The molecule has 0 aromatic heterocycles. The molecule has 3 nitrogen and oxygen atoms in total. The molecule has 0 saturated heterocycles. The predicted molar refractivity (Wildman–Crippen MR) is 95.2 cm³/mol. The van der Waals surface area contributed by atoms with Gasteiger partial charge in [-0.1, -0.05) is 18.2 Å². The minimum atomic E-state index is -0.142. The van der Waals surface area contributed by atoms with E-state index in [2.05, 4.69) is 26.0 Å². The summed E-state index contributed by atoms with van der Waals surface area (Å²) in [5, 5.41) is 9.43. The van der Waals surface area contributed by atoms with E-state index < -0.39 is 0 Å². The molecule has 0 aliphatic heterocycles. The summed E-state index contributed by atoms with van der Waals surface area (Å²) < 4.78 is 5.82. The van der Waals surface area contributed by atoms with Crippen molar-refractivity contribution in [1.29, 1.82) is 5.26 Å². The molecule has 0 spiro atoms. The minimum Gasteiger partial charge on any atom is -0.494 e. The molecule has 0 amide bonds. The van der Waals surface area contributed by atoms with Crippen LogP contribution in [0.15, 0.2) is 42.5 Å². The zero-order chi connectivity index (χ0) is 16.8. The van der Waals surface area contributed by atoms with Gasteiger partial charge in [0.05, 0.1) is 18.6 Å². The highest BCUT2D eigenvalue weighted by atomic mass is 16.5. The molecule has 0 N–H and O–H groups in total. The second-order valence-electron chi connectivity index (χ2n) is 6.13. The van der Waals surface area contributed by atoms with Crippen LogP contribution in [0.25, 0.3) is 0 Å². The van der Waals surface area contributed by atoms with Gasteiger partial charge in [-0.15, -0.1) is 0 Å². The Hall–Kier alpha value is -2.47. The number of hydrogen-bond donors (Lipinski definition) is 0. The van der Waals surface area contributed by atoms with Crippen LogP contribution in [0.3, 0.4) is 0 Å². The second kappa shape index (κ2) is 7.69. The summed E-state index contributed by atoms with van der Waals surface area (Å²) >= 11 is 0. The van der Waals surface area contributed by atoms with Gasteiger partial charge in [-0.2, -0.15) is 5.26 Å². The van der Waals surface area contributed by atoms with Gasteiger partial charge >= 0.3 is 0 Å². The Balaban J connectivity index is 1.96. The fourth-order valence-electron chi connectivity index (χ4n) is 2.62. The number of rotatable bonds is 6. The molecule has 120 valence electrons. The van der Waals surface area contributed by atoms with Gasteiger partial charge in [-0.3, -0.25) is 0 Å². The summed E-state index contributed by atoms with van der Waals surface area (Å²) in [6, 6.07) is 16.7. The van der Waals surface area contributed by atoms with Crippen molar-refractivity contribution in [3.63, 3.8) is 0 Å². The Morgan fingerprint density at radius 1 is 1.04 bits per heavy atom. The molecule has 2 aromatic carbocycles. The van der Waals surface area contributed by atoms with E-state index in [4.69, 9.17) is 4.74 Å². The maximum absolute atomic E-state index is 9.43. The molecule has 2 aromatic rings. The van der Waals surface area contributed by atoms with Crippen LogP contribution in [-0.4, -0.2) is 20.7 Å². The highest BCUT2D eigenvalue weighted by Crippen LogP contribution is 2.23. The van der Waals surface area contributed by atoms with Crippen molar-refractivity contribution in [3.05, 3.63) is 59.2 Å². The number of nitrogens with zero attached hydrogens (tertiary/aromatic N) is 2. The van der Waals surface area contributed by atoms with Crippen LogP contribution < -0.4 is 9.64 Å². The average Bonchev–Trinajstić information content (AvgIpc) is 2.51. The van der Waals surface area contributed by atoms with E-state index in [-0.39, 0.29) is 5.92 Å². The van der Waals surface area contributed by atoms with Gasteiger partial charge < -0.3 is 9.64 Å². The molecule has 0 aliphatic rings. The average molecular weight is 308 g/mol. The van der Waals surface area contributed by atoms with E-state index in [1.165, 1.54) is 11.1 Å². The van der Waals surface area contributed by atoms with Gasteiger partial charge in [-0.05, 0) is 54.8 Å². The fourth-order valence-corrected chi connectivity index (χ4v) is 2.62. The standard InChI is InChI=1S/C20H24N2O/c1-15-11-16(2)13-20(12-15)23-10-9-18(14-21)17-5-7-19(8-6-17)22(3)4/h5-8,11-13,18H,9-10H2,1-4H3. The van der Waals surface area contributed by atoms with E-state index in [9.17, 15) is 5.26 Å². The van der Waals surface area contributed by atoms with Crippen molar-refractivity contribution >= 4 is 5.69 Å². The molecule has 0 bridgehead atoms. The lowest BCUT2D eigenvalue weighted by Crippen LogP contribution is -2.09. The predicted octanol–water partition coefficient (Wildman–Crippen LogP) is 4.45. The van der Waals surface area contributed by atoms with Gasteiger partial charge in [0.25, 0.3) is 0 Å². The van der Waals surface area contributed by atoms with Crippen LogP contribution >= 0.6 is 0 Å². The Kier molecular flexibility index (Phi) is 5.65. The summed E-state index contributed by atoms with van der Waals surface area (Å²) in [4.78, 5) is 2.05. The maximum Gasteiger partial charge on any atom is 0.119 e. The molecule has 1 unspecified atom stereocenters. The number of ether oxygens (including phenoxy) is 1. The number of nitriles is 1. The Bertz CT molecular complexity index is 664. The van der Waals surface area contributed by atoms with Gasteiger partial charge in [0.15, 0.2) is 0 Å². The normalized spacial score (nSPS) is 11.6. The van der Waals surface area contributed by atoms with Gasteiger partial charge in [0, 0.05) is 26.2 Å². The van der Waals surface area contributed by atoms with Crippen LogP contribution in [-0.2, 0) is 0 Å². The van der Waals surface area contributed by atoms with Gasteiger partial charge in [0.2, 0.25) is 0 Å². The zero-order valence-electron chi connectivity index (χ0n) is 14.3. The Labute approximate surface area is 139 Å². The monoisotopic (exact) mass is 308 g/mol. The SMILES string of the molecule is Cc1cc(C)cc(OCCC(C#N)c2ccc(N(C)C)cc2)c1. The lowest BCUT2D eigenvalue weighted by Gasteiger charge is -2.15. The molecule has 23 heavy (non-hydrogen) atoms. The Morgan fingerprint density at radius 3 is 2.17 bits per heavy atom. The van der Waals surface area contributed by atoms with E-state index in [0.29, 0.717) is 13.0 Å². The van der Waals surface area contributed by atoms with E-state index in [1.807, 2.05) is 55.4 Å². The minimum absolute atomic E-state index is 0.142. The van der Waals surface area contributed by atoms with Crippen molar-refractivity contribution in [1.82, 2.24) is 0 Å². The molecule has 3 heteroatoms. The molecule has 0 aliphatic carbocycles. The van der Waals surface area contributed by atoms with Crippen molar-refractivity contribution in [2.45, 2.75) is 26.2 Å². The molecule has 0 fully saturated rings. The summed E-state index contributed by atoms with van der Waals surface area (Å²) in [7, 11) is 4.02. The highest BCUT2D eigenvalue weighted by Gasteiger charge is 2.11. The quantitative estimate of drug-likeness (QED) is 0.791. The Morgan fingerprint density at radius 2 is 1.65 bits per heavy atom. The molecule has 2 rings (SSSR count). The smallest absolute Gasteiger partial charge is 0.119 e. The van der Waals surface area contributed by atoms with Crippen LogP contribution in [0.4, 0.5) is 5.69 Å².